The fourth-order valence-electron chi connectivity index (χ4n) is 3.32. The fourth-order valence-corrected chi connectivity index (χ4v) is 4.42. The molecule has 0 unspecified atom stereocenters. The third-order valence-electron chi connectivity index (χ3n) is 4.66. The van der Waals surface area contributed by atoms with Gasteiger partial charge in [0.2, 0.25) is 0 Å². The van der Waals surface area contributed by atoms with Crippen molar-refractivity contribution >= 4 is 39.9 Å². The van der Waals surface area contributed by atoms with Gasteiger partial charge < -0.3 is 20.0 Å². The van der Waals surface area contributed by atoms with Gasteiger partial charge in [0.15, 0.2) is 6.61 Å². The predicted octanol–water partition coefficient (Wildman–Crippen LogP) is 2.84. The van der Waals surface area contributed by atoms with Gasteiger partial charge in [-0.25, -0.2) is 9.59 Å². The molecule has 0 radical (unpaired) electrons. The summed E-state index contributed by atoms with van der Waals surface area (Å²) in [5.74, 6) is -0.271. The van der Waals surface area contributed by atoms with E-state index in [1.54, 1.807) is 18.2 Å². The fraction of sp³-hybridized carbons (Fsp3) is 0.316. The molecule has 7 nitrogen and oxygen atoms in total. The molecular weight excluding hydrogens is 366 g/mol. The topological polar surface area (TPSA) is 104 Å². The first-order valence-electron chi connectivity index (χ1n) is 8.78. The van der Waals surface area contributed by atoms with Gasteiger partial charge in [-0.1, -0.05) is 6.92 Å². The monoisotopic (exact) mass is 385 g/mol. The number of aromatic amines is 2. The number of imidazole rings is 1. The summed E-state index contributed by atoms with van der Waals surface area (Å²) in [6, 6.07) is 6.89. The number of aromatic nitrogens is 2. The summed E-state index contributed by atoms with van der Waals surface area (Å²) in [5, 5.41) is 2.66. The third-order valence-corrected chi connectivity index (χ3v) is 5.88. The molecule has 140 valence electrons. The quantitative estimate of drug-likeness (QED) is 0.601. The van der Waals surface area contributed by atoms with E-state index >= 15 is 0 Å². The van der Waals surface area contributed by atoms with Crippen LogP contribution in [-0.2, 0) is 22.4 Å². The standard InChI is InChI=1S/C19H19N3O4S/c1-10-2-5-15-11(6-10)7-16(27-15)18(24)26-9-17(23)20-12-3-4-13-14(8-12)22-19(25)21-13/h3-4,7-8,10H,2,5-6,9H2,1H3,(H,20,23)(H2,21,22,25)/t10-/m0/s1. The number of carbonyl (C=O) groups excluding carboxylic acids is 2. The van der Waals surface area contributed by atoms with Gasteiger partial charge in [-0.05, 0) is 55.0 Å². The molecule has 1 aliphatic rings. The number of esters is 1. The molecule has 1 amide bonds. The van der Waals surface area contributed by atoms with Crippen LogP contribution in [0.3, 0.4) is 0 Å². The molecule has 0 saturated heterocycles. The molecule has 27 heavy (non-hydrogen) atoms. The Labute approximate surface area is 158 Å². The number of fused-ring (bicyclic) bond motifs is 2. The second kappa shape index (κ2) is 7.03. The van der Waals surface area contributed by atoms with E-state index < -0.39 is 11.9 Å². The molecule has 8 heteroatoms. The number of H-pyrrole nitrogens is 2. The van der Waals surface area contributed by atoms with Crippen LogP contribution in [0, 0.1) is 5.92 Å². The van der Waals surface area contributed by atoms with Crippen LogP contribution in [0.2, 0.25) is 0 Å². The molecular formula is C19H19N3O4S. The van der Waals surface area contributed by atoms with Gasteiger partial charge in [0.25, 0.3) is 5.91 Å². The molecule has 3 aromatic rings. The predicted molar refractivity (Wildman–Crippen MR) is 103 cm³/mol. The normalized spacial score (nSPS) is 16.1. The molecule has 1 atom stereocenters. The second-order valence-corrected chi connectivity index (χ2v) is 8.01. The van der Waals surface area contributed by atoms with Crippen molar-refractivity contribution in [3.8, 4) is 0 Å². The van der Waals surface area contributed by atoms with Gasteiger partial charge >= 0.3 is 11.7 Å². The van der Waals surface area contributed by atoms with E-state index in [1.165, 1.54) is 21.8 Å². The average Bonchev–Trinajstić information content (AvgIpc) is 3.21. The van der Waals surface area contributed by atoms with Gasteiger partial charge in [0.05, 0.1) is 11.0 Å². The number of amides is 1. The average molecular weight is 385 g/mol. The van der Waals surface area contributed by atoms with Crippen molar-refractivity contribution in [3.05, 3.63) is 50.1 Å². The number of thiophene rings is 1. The van der Waals surface area contributed by atoms with E-state index in [-0.39, 0.29) is 12.3 Å². The van der Waals surface area contributed by atoms with Crippen molar-refractivity contribution in [2.75, 3.05) is 11.9 Å². The third kappa shape index (κ3) is 3.80. The lowest BCUT2D eigenvalue weighted by molar-refractivity contribution is -0.119. The maximum absolute atomic E-state index is 12.2. The van der Waals surface area contributed by atoms with E-state index in [4.69, 9.17) is 4.74 Å². The number of rotatable bonds is 4. The molecule has 3 N–H and O–H groups in total. The highest BCUT2D eigenvalue weighted by Crippen LogP contribution is 2.32. The van der Waals surface area contributed by atoms with Crippen LogP contribution in [0.4, 0.5) is 5.69 Å². The first-order valence-corrected chi connectivity index (χ1v) is 9.60. The van der Waals surface area contributed by atoms with Crippen LogP contribution >= 0.6 is 11.3 Å². The number of carbonyl (C=O) groups is 2. The number of hydrogen-bond acceptors (Lipinski definition) is 5. The van der Waals surface area contributed by atoms with Gasteiger partial charge in [-0.15, -0.1) is 11.3 Å². The molecule has 4 rings (SSSR count). The lowest BCUT2D eigenvalue weighted by Crippen LogP contribution is -2.20. The summed E-state index contributed by atoms with van der Waals surface area (Å²) in [7, 11) is 0. The molecule has 0 saturated carbocycles. The van der Waals surface area contributed by atoms with Gasteiger partial charge in [0.1, 0.15) is 4.88 Å². The van der Waals surface area contributed by atoms with Gasteiger partial charge in [-0.3, -0.25) is 4.79 Å². The van der Waals surface area contributed by atoms with E-state index in [9.17, 15) is 14.4 Å². The molecule has 2 aromatic heterocycles. The zero-order valence-corrected chi connectivity index (χ0v) is 15.6. The first kappa shape index (κ1) is 17.5. The van der Waals surface area contributed by atoms with Crippen LogP contribution < -0.4 is 11.0 Å². The van der Waals surface area contributed by atoms with Gasteiger partial charge in [0, 0.05) is 10.6 Å². The number of hydrogen-bond donors (Lipinski definition) is 3. The highest BCUT2D eigenvalue weighted by atomic mass is 32.1. The SMILES string of the molecule is C[C@H]1CCc2sc(C(=O)OCC(=O)Nc3ccc4[nH]c(=O)[nH]c4c3)cc2C1. The molecule has 1 aliphatic carbocycles. The molecule has 0 bridgehead atoms. The highest BCUT2D eigenvalue weighted by Gasteiger charge is 2.21. The lowest BCUT2D eigenvalue weighted by atomic mass is 9.90. The Balaban J connectivity index is 1.35. The summed E-state index contributed by atoms with van der Waals surface area (Å²) in [5.41, 5.74) is 2.67. The largest absolute Gasteiger partial charge is 0.451 e. The van der Waals surface area contributed by atoms with Crippen molar-refractivity contribution < 1.29 is 14.3 Å². The number of nitrogens with one attached hydrogen (secondary N) is 3. The Kier molecular flexibility index (Phi) is 4.57. The Morgan fingerprint density at radius 1 is 1.26 bits per heavy atom. The minimum absolute atomic E-state index is 0.310. The maximum Gasteiger partial charge on any atom is 0.348 e. The number of anilines is 1. The van der Waals surface area contributed by atoms with E-state index in [0.717, 1.165) is 19.3 Å². The zero-order valence-electron chi connectivity index (χ0n) is 14.8. The Morgan fingerprint density at radius 2 is 2.07 bits per heavy atom. The summed E-state index contributed by atoms with van der Waals surface area (Å²) >= 11 is 1.46. The van der Waals surface area contributed by atoms with Crippen molar-refractivity contribution in [1.82, 2.24) is 9.97 Å². The number of benzene rings is 1. The highest BCUT2D eigenvalue weighted by molar-refractivity contribution is 7.14. The van der Waals surface area contributed by atoms with Crippen LogP contribution in [0.25, 0.3) is 11.0 Å². The molecule has 0 fully saturated rings. The van der Waals surface area contributed by atoms with Crippen molar-refractivity contribution in [1.29, 1.82) is 0 Å². The van der Waals surface area contributed by atoms with Gasteiger partial charge in [-0.2, -0.15) is 0 Å². The summed E-state index contributed by atoms with van der Waals surface area (Å²) in [6.45, 7) is 1.85. The number of aryl methyl sites for hydroxylation is 1. The van der Waals surface area contributed by atoms with Crippen LogP contribution in [0.15, 0.2) is 29.1 Å². The smallest absolute Gasteiger partial charge is 0.348 e. The lowest BCUT2D eigenvalue weighted by Gasteiger charge is -2.16. The Morgan fingerprint density at radius 3 is 2.93 bits per heavy atom. The molecule has 0 spiro atoms. The minimum Gasteiger partial charge on any atom is -0.451 e. The first-order chi connectivity index (χ1) is 13.0. The summed E-state index contributed by atoms with van der Waals surface area (Å²) < 4.78 is 5.15. The molecule has 1 aromatic carbocycles. The van der Waals surface area contributed by atoms with Crippen LogP contribution in [-0.4, -0.2) is 28.5 Å². The van der Waals surface area contributed by atoms with E-state index in [2.05, 4.69) is 22.2 Å². The van der Waals surface area contributed by atoms with Crippen molar-refractivity contribution in [3.63, 3.8) is 0 Å². The molecule has 2 heterocycles. The summed E-state index contributed by atoms with van der Waals surface area (Å²) in [4.78, 5) is 42.6. The Bertz CT molecular complexity index is 1080. The van der Waals surface area contributed by atoms with Crippen LogP contribution in [0.1, 0.15) is 33.5 Å². The van der Waals surface area contributed by atoms with E-state index in [0.29, 0.717) is 27.5 Å². The zero-order chi connectivity index (χ0) is 19.0. The molecule has 0 aliphatic heterocycles. The van der Waals surface area contributed by atoms with Crippen molar-refractivity contribution in [2.24, 2.45) is 5.92 Å². The second-order valence-electron chi connectivity index (χ2n) is 6.87. The summed E-state index contributed by atoms with van der Waals surface area (Å²) in [6.07, 6.45) is 3.13. The van der Waals surface area contributed by atoms with E-state index in [1.807, 2.05) is 6.07 Å². The van der Waals surface area contributed by atoms with Crippen molar-refractivity contribution in [2.45, 2.75) is 26.2 Å². The Hall–Kier alpha value is -2.87. The number of ether oxygens (including phenoxy) is 1. The maximum atomic E-state index is 12.2. The van der Waals surface area contributed by atoms with Crippen LogP contribution in [0.5, 0.6) is 0 Å². The minimum atomic E-state index is -0.470.